The predicted molar refractivity (Wildman–Crippen MR) is 331 cm³/mol. The first-order valence-corrected chi connectivity index (χ1v) is 26.1. The van der Waals surface area contributed by atoms with E-state index >= 15 is 0 Å². The molecule has 20 heteroatoms. The first-order valence-electron chi connectivity index (χ1n) is 22.3. The van der Waals surface area contributed by atoms with E-state index in [4.69, 9.17) is 167 Å². The summed E-state index contributed by atoms with van der Waals surface area (Å²) in [6.45, 7) is 0. The first-order chi connectivity index (χ1) is 37.9. The van der Waals surface area contributed by atoms with Gasteiger partial charge in [0.1, 0.15) is 57.5 Å². The van der Waals surface area contributed by atoms with Gasteiger partial charge in [0.2, 0.25) is 0 Å². The van der Waals surface area contributed by atoms with Crippen LogP contribution in [0, 0.1) is 0 Å². The van der Waals surface area contributed by atoms with E-state index in [1.165, 1.54) is 0 Å². The minimum absolute atomic E-state index is 0.245. The van der Waals surface area contributed by atoms with Crippen LogP contribution < -0.4 is 0 Å². The van der Waals surface area contributed by atoms with Crippen LogP contribution in [0.1, 0.15) is 0 Å². The van der Waals surface area contributed by atoms with E-state index in [-0.39, 0.29) is 57.5 Å². The number of rotatable bonds is 0. The lowest BCUT2D eigenvalue weighted by Crippen LogP contribution is -1.61. The highest BCUT2D eigenvalue weighted by atomic mass is 35.5. The predicted octanol–water partition coefficient (Wildman–Crippen LogP) is 20.5. The smallest absolute Gasteiger partial charge is 0.115 e. The van der Waals surface area contributed by atoms with Crippen LogP contribution in [0.25, 0.3) is 0 Å². The van der Waals surface area contributed by atoms with Gasteiger partial charge in [-0.25, -0.2) is 0 Å². The van der Waals surface area contributed by atoms with E-state index in [2.05, 4.69) is 0 Å². The Balaban J connectivity index is 0.000000444. The van der Waals surface area contributed by atoms with Crippen LogP contribution in [0.4, 0.5) is 0 Å². The molecular formula is C60H50Cl10O10. The number of aromatic hydroxyl groups is 10. The first kappa shape index (κ1) is 71.1. The molecule has 10 rings (SSSR count). The Labute approximate surface area is 513 Å². The third-order valence-corrected chi connectivity index (χ3v) is 10.8. The second kappa shape index (κ2) is 42.1. The molecule has 0 aliphatic heterocycles. The zero-order chi connectivity index (χ0) is 59.8. The molecule has 420 valence electrons. The van der Waals surface area contributed by atoms with Gasteiger partial charge in [0, 0.05) is 50.2 Å². The van der Waals surface area contributed by atoms with Gasteiger partial charge in [-0.15, -0.1) is 0 Å². The molecule has 80 heavy (non-hydrogen) atoms. The van der Waals surface area contributed by atoms with Crippen LogP contribution in [-0.2, 0) is 0 Å². The fourth-order valence-electron chi connectivity index (χ4n) is 4.41. The highest BCUT2D eigenvalue weighted by Crippen LogP contribution is 2.19. The summed E-state index contributed by atoms with van der Waals surface area (Å²) in [6, 6.07) is 63.6. The molecular weight excluding hydrogens is 1240 g/mol. The van der Waals surface area contributed by atoms with Crippen molar-refractivity contribution in [3.8, 4) is 57.5 Å². The number of hydrogen-bond acceptors (Lipinski definition) is 10. The second-order valence-corrected chi connectivity index (χ2v) is 19.1. The van der Waals surface area contributed by atoms with Gasteiger partial charge in [-0.1, -0.05) is 116 Å². The largest absolute Gasteiger partial charge is 0.508 e. The topological polar surface area (TPSA) is 202 Å². The summed E-state index contributed by atoms with van der Waals surface area (Å²) in [5.74, 6) is 2.45. The van der Waals surface area contributed by atoms with Crippen LogP contribution in [0.3, 0.4) is 0 Å². The highest BCUT2D eigenvalue weighted by molar-refractivity contribution is 6.33. The Morgan fingerprint density at radius 2 is 0.163 bits per heavy atom. The Hall–Kier alpha value is -6.90. The number of benzene rings is 10. The van der Waals surface area contributed by atoms with Crippen molar-refractivity contribution in [1.82, 2.24) is 0 Å². The van der Waals surface area contributed by atoms with Gasteiger partial charge in [-0.2, -0.15) is 0 Å². The van der Waals surface area contributed by atoms with Crippen molar-refractivity contribution >= 4 is 116 Å². The molecule has 10 N–H and O–H groups in total. The van der Waals surface area contributed by atoms with E-state index in [9.17, 15) is 0 Å². The molecule has 0 radical (unpaired) electrons. The third kappa shape index (κ3) is 40.3. The van der Waals surface area contributed by atoms with E-state index < -0.39 is 0 Å². The molecule has 10 nitrogen and oxygen atoms in total. The average molecular weight is 1290 g/mol. The molecule has 0 atom stereocenters. The van der Waals surface area contributed by atoms with Crippen LogP contribution in [0.15, 0.2) is 243 Å². The van der Waals surface area contributed by atoms with Crippen LogP contribution in [0.5, 0.6) is 57.5 Å². The molecule has 10 aromatic carbocycles. The molecule has 0 bridgehead atoms. The minimum Gasteiger partial charge on any atom is -0.508 e. The Morgan fingerprint density at radius 3 is 0.200 bits per heavy atom. The Morgan fingerprint density at radius 1 is 0.113 bits per heavy atom. The van der Waals surface area contributed by atoms with Crippen molar-refractivity contribution in [3.63, 3.8) is 0 Å². The molecule has 0 aliphatic rings. The van der Waals surface area contributed by atoms with Gasteiger partial charge in [0.25, 0.3) is 0 Å². The van der Waals surface area contributed by atoms with Gasteiger partial charge >= 0.3 is 0 Å². The summed E-state index contributed by atoms with van der Waals surface area (Å²) >= 11 is 55.0. The molecule has 10 aromatic rings. The normalized spacial score (nSPS) is 9.12. The van der Waals surface area contributed by atoms with Crippen molar-refractivity contribution < 1.29 is 51.1 Å². The summed E-state index contributed by atoms with van der Waals surface area (Å²) in [4.78, 5) is 0. The highest BCUT2D eigenvalue weighted by Gasteiger charge is 1.90. The summed E-state index contributed by atoms with van der Waals surface area (Å²) < 4.78 is 0. The number of hydrogen-bond donors (Lipinski definition) is 10. The SMILES string of the molecule is Oc1ccc(Cl)cc1.Oc1ccc(Cl)cc1.Oc1ccc(Cl)cc1.Oc1ccc(Cl)cc1.Oc1ccc(Cl)cc1.Oc1ccc(Cl)cc1.Oc1ccc(Cl)cc1.Oc1ccc(Cl)cc1.Oc1ccc(Cl)cc1.Oc1ccc(Cl)cc1. The maximum atomic E-state index is 8.70. The van der Waals surface area contributed by atoms with E-state index in [0.29, 0.717) is 50.2 Å². The maximum Gasteiger partial charge on any atom is 0.115 e. The average Bonchev–Trinajstić information content (AvgIpc) is 3.44. The Bertz CT molecular complexity index is 2200. The molecule has 0 heterocycles. The summed E-state index contributed by atoms with van der Waals surface area (Å²) in [5.41, 5.74) is 0. The van der Waals surface area contributed by atoms with E-state index in [0.717, 1.165) is 0 Å². The lowest BCUT2D eigenvalue weighted by atomic mass is 10.3. The number of phenols is 10. The number of phenolic OH excluding ortho intramolecular Hbond substituents is 10. The zero-order valence-electron chi connectivity index (χ0n) is 41.3. The Kier molecular flexibility index (Phi) is 37.4. The summed E-state index contributed by atoms with van der Waals surface area (Å²) in [5, 5.41) is 93.4. The minimum atomic E-state index is 0.245. The monoisotopic (exact) mass is 1280 g/mol. The second-order valence-electron chi connectivity index (χ2n) is 14.8. The molecule has 0 fully saturated rings. The quantitative estimate of drug-likeness (QED) is 0.0696. The fraction of sp³-hybridized carbons (Fsp3) is 0. The summed E-state index contributed by atoms with van der Waals surface area (Å²) in [7, 11) is 0. The van der Waals surface area contributed by atoms with Gasteiger partial charge in [-0.3, -0.25) is 0 Å². The standard InChI is InChI=1S/10C6H5ClO/c10*7-5-1-3-6(8)4-2-5/h10*1-4,8H. The van der Waals surface area contributed by atoms with Crippen LogP contribution in [0.2, 0.25) is 50.2 Å². The molecule has 0 aliphatic carbocycles. The molecule has 0 saturated carbocycles. The summed E-state index contributed by atoms with van der Waals surface area (Å²) in [6.07, 6.45) is 0. The third-order valence-electron chi connectivity index (χ3n) is 8.27. The van der Waals surface area contributed by atoms with E-state index in [1.54, 1.807) is 243 Å². The van der Waals surface area contributed by atoms with Gasteiger partial charge in [-0.05, 0) is 243 Å². The van der Waals surface area contributed by atoms with Crippen molar-refractivity contribution in [2.45, 2.75) is 0 Å². The van der Waals surface area contributed by atoms with Crippen molar-refractivity contribution in [2.24, 2.45) is 0 Å². The zero-order valence-corrected chi connectivity index (χ0v) is 48.9. The van der Waals surface area contributed by atoms with Crippen molar-refractivity contribution in [3.05, 3.63) is 293 Å². The van der Waals surface area contributed by atoms with E-state index in [1.807, 2.05) is 0 Å². The lowest BCUT2D eigenvalue weighted by Gasteiger charge is -1.87. The fourth-order valence-corrected chi connectivity index (χ4v) is 5.67. The van der Waals surface area contributed by atoms with Gasteiger partial charge in [0.15, 0.2) is 0 Å². The molecule has 0 aromatic heterocycles. The maximum absolute atomic E-state index is 8.70. The lowest BCUT2D eigenvalue weighted by molar-refractivity contribution is 0.475. The van der Waals surface area contributed by atoms with Gasteiger partial charge in [0.05, 0.1) is 0 Å². The van der Waals surface area contributed by atoms with Gasteiger partial charge < -0.3 is 51.1 Å². The molecule has 0 amide bonds. The molecule has 0 spiro atoms. The van der Waals surface area contributed by atoms with Crippen LogP contribution in [-0.4, -0.2) is 51.1 Å². The van der Waals surface area contributed by atoms with Crippen molar-refractivity contribution in [1.29, 1.82) is 0 Å². The number of halogens is 10. The van der Waals surface area contributed by atoms with Crippen LogP contribution >= 0.6 is 116 Å². The van der Waals surface area contributed by atoms with Crippen molar-refractivity contribution in [2.75, 3.05) is 0 Å². The molecule has 0 unspecified atom stereocenters. The molecule has 0 saturated heterocycles.